The van der Waals surface area contributed by atoms with E-state index in [2.05, 4.69) is 20.4 Å². The van der Waals surface area contributed by atoms with Crippen LogP contribution in [0.1, 0.15) is 33.1 Å². The van der Waals surface area contributed by atoms with Crippen molar-refractivity contribution >= 4 is 11.8 Å². The normalized spacial score (nSPS) is 13.2. The molecular formula is C11H23NS. The fraction of sp³-hybridized carbons (Fsp3) is 0.818. The molecule has 2 heteroatoms. The van der Waals surface area contributed by atoms with E-state index in [1.807, 2.05) is 17.8 Å². The summed E-state index contributed by atoms with van der Waals surface area (Å²) in [5, 5.41) is 0. The second kappa shape index (κ2) is 8.64. The molecule has 13 heavy (non-hydrogen) atoms. The van der Waals surface area contributed by atoms with Gasteiger partial charge in [0.05, 0.1) is 0 Å². The second-order valence-electron chi connectivity index (χ2n) is 3.91. The predicted molar refractivity (Wildman–Crippen MR) is 64.2 cm³/mol. The fourth-order valence-corrected chi connectivity index (χ4v) is 2.14. The third kappa shape index (κ3) is 9.97. The van der Waals surface area contributed by atoms with E-state index in [4.69, 9.17) is 5.73 Å². The van der Waals surface area contributed by atoms with Gasteiger partial charge in [-0.1, -0.05) is 19.9 Å². The van der Waals surface area contributed by atoms with Crippen LogP contribution in [-0.4, -0.2) is 17.5 Å². The Labute approximate surface area is 87.2 Å². The molecule has 2 N–H and O–H groups in total. The maximum Gasteiger partial charge on any atom is 0.0130 e. The first kappa shape index (κ1) is 13.1. The molecule has 0 aliphatic heterocycles. The van der Waals surface area contributed by atoms with Crippen LogP contribution in [0.4, 0.5) is 0 Å². The topological polar surface area (TPSA) is 26.0 Å². The fourth-order valence-electron chi connectivity index (χ4n) is 1.06. The second-order valence-corrected chi connectivity index (χ2v) is 4.99. The van der Waals surface area contributed by atoms with Crippen LogP contribution in [0.2, 0.25) is 0 Å². The molecule has 0 heterocycles. The van der Waals surface area contributed by atoms with Gasteiger partial charge in [-0.05, 0) is 30.9 Å². The lowest BCUT2D eigenvalue weighted by Gasteiger charge is -2.11. The van der Waals surface area contributed by atoms with Gasteiger partial charge in [-0.15, -0.1) is 6.58 Å². The van der Waals surface area contributed by atoms with Gasteiger partial charge >= 0.3 is 0 Å². The lowest BCUT2D eigenvalue weighted by molar-refractivity contribution is 0.636. The average Bonchev–Trinajstić information content (AvgIpc) is 2.04. The van der Waals surface area contributed by atoms with Gasteiger partial charge in [0.15, 0.2) is 0 Å². The molecule has 0 spiro atoms. The van der Waals surface area contributed by atoms with Crippen molar-refractivity contribution in [3.63, 3.8) is 0 Å². The molecule has 0 radical (unpaired) electrons. The number of rotatable bonds is 8. The number of hydrogen-bond acceptors (Lipinski definition) is 2. The highest BCUT2D eigenvalue weighted by molar-refractivity contribution is 7.99. The van der Waals surface area contributed by atoms with Crippen molar-refractivity contribution in [1.82, 2.24) is 0 Å². The largest absolute Gasteiger partial charge is 0.327 e. The molecule has 0 saturated heterocycles. The SMILES string of the molecule is C=CCCCC(N)CSCC(C)C. The van der Waals surface area contributed by atoms with Crippen molar-refractivity contribution in [2.24, 2.45) is 11.7 Å². The van der Waals surface area contributed by atoms with Crippen molar-refractivity contribution < 1.29 is 0 Å². The minimum absolute atomic E-state index is 0.378. The van der Waals surface area contributed by atoms with E-state index in [0.29, 0.717) is 6.04 Å². The third-order valence-electron chi connectivity index (χ3n) is 1.77. The van der Waals surface area contributed by atoms with Crippen LogP contribution in [0.5, 0.6) is 0 Å². The van der Waals surface area contributed by atoms with Crippen LogP contribution in [0.3, 0.4) is 0 Å². The van der Waals surface area contributed by atoms with Gasteiger partial charge in [0.2, 0.25) is 0 Å². The lowest BCUT2D eigenvalue weighted by Crippen LogP contribution is -2.23. The van der Waals surface area contributed by atoms with Crippen molar-refractivity contribution in [1.29, 1.82) is 0 Å². The summed E-state index contributed by atoms with van der Waals surface area (Å²) < 4.78 is 0. The molecule has 0 aromatic rings. The van der Waals surface area contributed by atoms with Crippen LogP contribution in [0.25, 0.3) is 0 Å². The first-order valence-corrected chi connectivity index (χ1v) is 6.26. The Kier molecular flexibility index (Phi) is 8.67. The summed E-state index contributed by atoms with van der Waals surface area (Å²) in [7, 11) is 0. The van der Waals surface area contributed by atoms with E-state index in [0.717, 1.165) is 24.5 Å². The van der Waals surface area contributed by atoms with Crippen LogP contribution in [-0.2, 0) is 0 Å². The van der Waals surface area contributed by atoms with Gasteiger partial charge in [0.1, 0.15) is 0 Å². The molecule has 0 aromatic heterocycles. The minimum Gasteiger partial charge on any atom is -0.327 e. The van der Waals surface area contributed by atoms with Gasteiger partial charge in [0.25, 0.3) is 0 Å². The molecular weight excluding hydrogens is 178 g/mol. The summed E-state index contributed by atoms with van der Waals surface area (Å²) >= 11 is 1.98. The highest BCUT2D eigenvalue weighted by Crippen LogP contribution is 2.10. The minimum atomic E-state index is 0.378. The van der Waals surface area contributed by atoms with Crippen molar-refractivity contribution in [2.75, 3.05) is 11.5 Å². The van der Waals surface area contributed by atoms with Gasteiger partial charge in [-0.3, -0.25) is 0 Å². The number of thioether (sulfide) groups is 1. The summed E-state index contributed by atoms with van der Waals surface area (Å²) in [5.74, 6) is 3.12. The van der Waals surface area contributed by atoms with E-state index in [1.54, 1.807) is 0 Å². The van der Waals surface area contributed by atoms with Gasteiger partial charge in [0, 0.05) is 11.8 Å². The highest BCUT2D eigenvalue weighted by atomic mass is 32.2. The first-order chi connectivity index (χ1) is 6.16. The highest BCUT2D eigenvalue weighted by Gasteiger charge is 2.02. The molecule has 0 bridgehead atoms. The Balaban J connectivity index is 3.19. The van der Waals surface area contributed by atoms with E-state index < -0.39 is 0 Å². The summed E-state index contributed by atoms with van der Waals surface area (Å²) in [6.07, 6.45) is 5.39. The van der Waals surface area contributed by atoms with Crippen LogP contribution in [0.15, 0.2) is 12.7 Å². The quantitative estimate of drug-likeness (QED) is 0.482. The Hall–Kier alpha value is 0.0500. The number of unbranched alkanes of at least 4 members (excludes halogenated alkanes) is 1. The Morgan fingerprint density at radius 2 is 2.08 bits per heavy atom. The summed E-state index contributed by atoms with van der Waals surface area (Å²) in [4.78, 5) is 0. The molecule has 1 nitrogen and oxygen atoms in total. The van der Waals surface area contributed by atoms with E-state index in [1.165, 1.54) is 12.2 Å². The van der Waals surface area contributed by atoms with Gasteiger partial charge in [-0.2, -0.15) is 11.8 Å². The summed E-state index contributed by atoms with van der Waals surface area (Å²) in [5.41, 5.74) is 5.95. The van der Waals surface area contributed by atoms with Crippen molar-refractivity contribution in [3.8, 4) is 0 Å². The molecule has 1 unspecified atom stereocenters. The number of allylic oxidation sites excluding steroid dienone is 1. The molecule has 78 valence electrons. The summed E-state index contributed by atoms with van der Waals surface area (Å²) in [6, 6.07) is 0.378. The zero-order valence-corrected chi connectivity index (χ0v) is 9.78. The lowest BCUT2D eigenvalue weighted by atomic mass is 10.1. The predicted octanol–water partition coefficient (Wildman–Crippen LogP) is 3.06. The van der Waals surface area contributed by atoms with E-state index in [-0.39, 0.29) is 0 Å². The number of nitrogens with two attached hydrogens (primary N) is 1. The molecule has 0 aliphatic carbocycles. The monoisotopic (exact) mass is 201 g/mol. The van der Waals surface area contributed by atoms with Gasteiger partial charge < -0.3 is 5.73 Å². The van der Waals surface area contributed by atoms with E-state index in [9.17, 15) is 0 Å². The maximum absolute atomic E-state index is 5.95. The maximum atomic E-state index is 5.95. The van der Waals surface area contributed by atoms with Gasteiger partial charge in [-0.25, -0.2) is 0 Å². The van der Waals surface area contributed by atoms with Crippen LogP contribution < -0.4 is 5.73 Å². The van der Waals surface area contributed by atoms with Crippen molar-refractivity contribution in [3.05, 3.63) is 12.7 Å². The first-order valence-electron chi connectivity index (χ1n) is 5.11. The van der Waals surface area contributed by atoms with Crippen LogP contribution in [0, 0.1) is 5.92 Å². The Bertz CT molecular complexity index is 123. The van der Waals surface area contributed by atoms with Crippen molar-refractivity contribution in [2.45, 2.75) is 39.2 Å². The van der Waals surface area contributed by atoms with E-state index >= 15 is 0 Å². The molecule has 0 rings (SSSR count). The third-order valence-corrected chi connectivity index (χ3v) is 3.33. The average molecular weight is 201 g/mol. The zero-order valence-electron chi connectivity index (χ0n) is 8.96. The number of hydrogen-bond donors (Lipinski definition) is 1. The smallest absolute Gasteiger partial charge is 0.0130 e. The Morgan fingerprint density at radius 3 is 2.62 bits per heavy atom. The molecule has 0 saturated carbocycles. The zero-order chi connectivity index (χ0) is 10.1. The Morgan fingerprint density at radius 1 is 1.38 bits per heavy atom. The molecule has 0 amide bonds. The molecule has 0 fully saturated rings. The molecule has 0 aromatic carbocycles. The standard InChI is InChI=1S/C11H23NS/c1-4-5-6-7-11(12)9-13-8-10(2)3/h4,10-11H,1,5-9,12H2,2-3H3. The molecule has 1 atom stereocenters. The van der Waals surface area contributed by atoms with Crippen LogP contribution >= 0.6 is 11.8 Å². The summed E-state index contributed by atoms with van der Waals surface area (Å²) in [6.45, 7) is 8.19. The molecule has 0 aliphatic rings.